The van der Waals surface area contributed by atoms with E-state index in [-0.39, 0.29) is 5.82 Å². The Hall–Kier alpha value is -0.915. The number of rotatable bonds is 0. The maximum absolute atomic E-state index is 12.4. The zero-order valence-corrected chi connectivity index (χ0v) is 9.13. The van der Waals surface area contributed by atoms with Crippen LogP contribution in [0.3, 0.4) is 0 Å². The van der Waals surface area contributed by atoms with E-state index in [0.717, 1.165) is 0 Å². The van der Waals surface area contributed by atoms with E-state index in [1.807, 2.05) is 22.6 Å². The highest BCUT2D eigenvalue weighted by molar-refractivity contribution is 14.1. The molecule has 0 radical (unpaired) electrons. The van der Waals surface area contributed by atoms with Crippen molar-refractivity contribution < 1.29 is 21.7 Å². The molecule has 9 heteroatoms. The standard InChI is InChI=1S/C6H3FIN2.BF4/c7-4-1-2-6(10-9)5(8)3-4;2-1(3,4)5/h1-3H;/q+1;-1. The molecule has 0 N–H and O–H groups in total. The lowest BCUT2D eigenvalue weighted by atomic mass is 10.3. The van der Waals surface area contributed by atoms with Gasteiger partial charge in [-0.1, -0.05) is 0 Å². The first-order chi connectivity index (χ1) is 6.74. The molecular formula is C6H3BF5IN2. The quantitative estimate of drug-likeness (QED) is 0.302. The normalized spacial score (nSPS) is 9.93. The SMILES string of the molecule is F[B-](F)(F)F.N#[N+]c1ccc(F)cc1I. The number of hydrogen-bond acceptors (Lipinski definition) is 1. The first kappa shape index (κ1) is 14.1. The summed E-state index contributed by atoms with van der Waals surface area (Å²) in [6, 6.07) is 3.96. The summed E-state index contributed by atoms with van der Waals surface area (Å²) < 4.78 is 52.0. The van der Waals surface area contributed by atoms with Gasteiger partial charge in [0, 0.05) is 6.07 Å². The molecule has 0 aliphatic heterocycles. The van der Waals surface area contributed by atoms with Crippen molar-refractivity contribution in [1.82, 2.24) is 0 Å². The van der Waals surface area contributed by atoms with Crippen LogP contribution in [0.15, 0.2) is 18.2 Å². The van der Waals surface area contributed by atoms with Crippen molar-refractivity contribution in [3.8, 4) is 0 Å². The molecule has 82 valence electrons. The van der Waals surface area contributed by atoms with Crippen LogP contribution in [0.5, 0.6) is 0 Å². The fraction of sp³-hybridized carbons (Fsp3) is 0. The lowest BCUT2D eigenvalue weighted by Gasteiger charge is -1.94. The van der Waals surface area contributed by atoms with E-state index in [0.29, 0.717) is 9.26 Å². The molecule has 0 saturated carbocycles. The van der Waals surface area contributed by atoms with Gasteiger partial charge in [-0.15, -0.1) is 0 Å². The van der Waals surface area contributed by atoms with Gasteiger partial charge in [-0.05, 0) is 34.7 Å². The van der Waals surface area contributed by atoms with Gasteiger partial charge in [0.15, 0.2) is 4.98 Å². The topological polar surface area (TPSA) is 28.1 Å². The van der Waals surface area contributed by atoms with E-state index in [4.69, 9.17) is 5.39 Å². The van der Waals surface area contributed by atoms with E-state index in [2.05, 4.69) is 4.98 Å². The number of nitrogens with zero attached hydrogens (tertiary/aromatic N) is 2. The molecule has 0 bridgehead atoms. The molecule has 2 nitrogen and oxygen atoms in total. The molecule has 0 aromatic heterocycles. The smallest absolute Gasteiger partial charge is 0.418 e. The molecule has 0 amide bonds. The average Bonchev–Trinajstić information content (AvgIpc) is 2.01. The minimum atomic E-state index is -6.00. The van der Waals surface area contributed by atoms with E-state index >= 15 is 0 Å². The van der Waals surface area contributed by atoms with Gasteiger partial charge in [-0.2, -0.15) is 0 Å². The molecular weight excluding hydrogens is 333 g/mol. The summed E-state index contributed by atoms with van der Waals surface area (Å²) in [5.74, 6) is -0.322. The Morgan fingerprint density at radius 2 is 1.67 bits per heavy atom. The fourth-order valence-electron chi connectivity index (χ4n) is 0.562. The Balaban J connectivity index is 0.000000336. The van der Waals surface area contributed by atoms with Crippen LogP contribution in [0.4, 0.5) is 27.3 Å². The van der Waals surface area contributed by atoms with Crippen LogP contribution in [-0.2, 0) is 0 Å². The third kappa shape index (κ3) is 8.10. The molecule has 0 unspecified atom stereocenters. The Kier molecular flexibility index (Phi) is 5.49. The van der Waals surface area contributed by atoms with Crippen LogP contribution in [0.1, 0.15) is 0 Å². The second-order valence-electron chi connectivity index (χ2n) is 2.19. The van der Waals surface area contributed by atoms with Gasteiger partial charge in [0.05, 0.1) is 0 Å². The van der Waals surface area contributed by atoms with E-state index in [9.17, 15) is 21.7 Å². The summed E-state index contributed by atoms with van der Waals surface area (Å²) in [5, 5.41) is 8.31. The molecule has 0 atom stereocenters. The van der Waals surface area contributed by atoms with Crippen molar-refractivity contribution in [3.05, 3.63) is 32.6 Å². The van der Waals surface area contributed by atoms with Crippen molar-refractivity contribution in [2.75, 3.05) is 0 Å². The Morgan fingerprint density at radius 3 is 2.00 bits per heavy atom. The molecule has 0 spiro atoms. The number of diazo groups is 1. The second-order valence-corrected chi connectivity index (χ2v) is 3.35. The zero-order valence-electron chi connectivity index (χ0n) is 6.97. The highest BCUT2D eigenvalue weighted by Gasteiger charge is 2.20. The third-order valence-electron chi connectivity index (χ3n) is 1.02. The van der Waals surface area contributed by atoms with Crippen molar-refractivity contribution in [2.45, 2.75) is 0 Å². The lowest BCUT2D eigenvalue weighted by Crippen LogP contribution is -2.02. The Labute approximate surface area is 95.3 Å². The molecule has 0 heterocycles. The molecule has 1 aromatic rings. The van der Waals surface area contributed by atoms with Gasteiger partial charge in [0.2, 0.25) is 5.39 Å². The molecule has 0 aliphatic carbocycles. The molecule has 1 aromatic carbocycles. The summed E-state index contributed by atoms with van der Waals surface area (Å²) in [6.07, 6.45) is 0. The Bertz CT molecular complexity index is 369. The zero-order chi connectivity index (χ0) is 12.1. The highest BCUT2D eigenvalue weighted by Crippen LogP contribution is 2.21. The second kappa shape index (κ2) is 5.84. The minimum absolute atomic E-state index is 0.322. The van der Waals surface area contributed by atoms with E-state index in [1.165, 1.54) is 18.2 Å². The first-order valence-corrected chi connectivity index (χ1v) is 4.49. The predicted molar refractivity (Wildman–Crippen MR) is 54.0 cm³/mol. The van der Waals surface area contributed by atoms with Crippen LogP contribution < -0.4 is 0 Å². The maximum atomic E-state index is 12.4. The van der Waals surface area contributed by atoms with E-state index in [1.54, 1.807) is 0 Å². The number of benzene rings is 1. The van der Waals surface area contributed by atoms with Gasteiger partial charge in [-0.25, -0.2) is 4.39 Å². The van der Waals surface area contributed by atoms with Gasteiger partial charge >= 0.3 is 12.9 Å². The van der Waals surface area contributed by atoms with Crippen LogP contribution in [0.25, 0.3) is 4.98 Å². The first-order valence-electron chi connectivity index (χ1n) is 3.41. The van der Waals surface area contributed by atoms with Crippen LogP contribution >= 0.6 is 22.6 Å². The highest BCUT2D eigenvalue weighted by atomic mass is 127. The molecule has 15 heavy (non-hydrogen) atoms. The molecule has 0 saturated heterocycles. The van der Waals surface area contributed by atoms with Crippen molar-refractivity contribution in [3.63, 3.8) is 0 Å². The van der Waals surface area contributed by atoms with Crippen molar-refractivity contribution in [2.24, 2.45) is 0 Å². The van der Waals surface area contributed by atoms with Gasteiger partial charge in [0.1, 0.15) is 9.39 Å². The summed E-state index contributed by atoms with van der Waals surface area (Å²) >= 11 is 1.89. The van der Waals surface area contributed by atoms with Gasteiger partial charge in [-0.3, -0.25) is 0 Å². The predicted octanol–water partition coefficient (Wildman–Crippen LogP) is 4.21. The molecule has 1 rings (SSSR count). The summed E-state index contributed by atoms with van der Waals surface area (Å²) in [4.78, 5) is 2.94. The van der Waals surface area contributed by atoms with Gasteiger partial charge in [0.25, 0.3) is 0 Å². The number of halogens is 6. The van der Waals surface area contributed by atoms with Crippen LogP contribution in [-0.4, -0.2) is 7.25 Å². The van der Waals surface area contributed by atoms with Crippen molar-refractivity contribution >= 4 is 35.5 Å². The minimum Gasteiger partial charge on any atom is -0.418 e. The summed E-state index contributed by atoms with van der Waals surface area (Å²) in [7, 11) is -6.00. The largest absolute Gasteiger partial charge is 0.673 e. The Morgan fingerprint density at radius 1 is 1.20 bits per heavy atom. The molecule has 0 aliphatic rings. The maximum Gasteiger partial charge on any atom is 0.673 e. The molecule has 0 fully saturated rings. The summed E-state index contributed by atoms with van der Waals surface area (Å²) in [6.45, 7) is 0. The van der Waals surface area contributed by atoms with E-state index < -0.39 is 7.25 Å². The van der Waals surface area contributed by atoms with Crippen LogP contribution in [0, 0.1) is 14.8 Å². The van der Waals surface area contributed by atoms with Crippen molar-refractivity contribution in [1.29, 1.82) is 5.39 Å². The third-order valence-corrected chi connectivity index (χ3v) is 1.88. The lowest BCUT2D eigenvalue weighted by molar-refractivity contribution is 0.368. The average molecular weight is 336 g/mol. The van der Waals surface area contributed by atoms with Gasteiger partial charge < -0.3 is 17.3 Å². The van der Waals surface area contributed by atoms with Crippen LogP contribution in [0.2, 0.25) is 0 Å². The number of hydrogen-bond donors (Lipinski definition) is 0. The monoisotopic (exact) mass is 336 g/mol. The fourth-order valence-corrected chi connectivity index (χ4v) is 1.15. The summed E-state index contributed by atoms with van der Waals surface area (Å²) in [5.41, 5.74) is 0.391.